The van der Waals surface area contributed by atoms with E-state index in [1.54, 1.807) is 30.2 Å². The predicted molar refractivity (Wildman–Crippen MR) is 135 cm³/mol. The van der Waals surface area contributed by atoms with Gasteiger partial charge in [0.05, 0.1) is 29.5 Å². The van der Waals surface area contributed by atoms with Crippen LogP contribution in [0.4, 0.5) is 11.4 Å². The molecule has 0 saturated heterocycles. The van der Waals surface area contributed by atoms with Crippen molar-refractivity contribution in [1.82, 2.24) is 29.3 Å². The summed E-state index contributed by atoms with van der Waals surface area (Å²) in [6, 6.07) is 9.47. The Morgan fingerprint density at radius 2 is 1.69 bits per heavy atom. The van der Waals surface area contributed by atoms with E-state index in [0.717, 1.165) is 5.69 Å². The summed E-state index contributed by atoms with van der Waals surface area (Å²) in [5, 5.41) is 18.3. The fraction of sp³-hybridized carbons (Fsp3) is 0.320. The molecule has 11 heteroatoms. The molecule has 0 bridgehead atoms. The molecule has 4 rings (SSSR count). The van der Waals surface area contributed by atoms with Crippen molar-refractivity contribution >= 4 is 23.2 Å². The van der Waals surface area contributed by atoms with E-state index in [2.05, 4.69) is 39.8 Å². The maximum atomic E-state index is 13.0. The van der Waals surface area contributed by atoms with Crippen molar-refractivity contribution in [2.24, 2.45) is 7.05 Å². The first-order valence-corrected chi connectivity index (χ1v) is 11.7. The number of amides is 2. The van der Waals surface area contributed by atoms with Gasteiger partial charge >= 0.3 is 0 Å². The summed E-state index contributed by atoms with van der Waals surface area (Å²) < 4.78 is 10.5. The molecule has 0 radical (unpaired) electrons. The minimum absolute atomic E-state index is 0.153. The number of benzene rings is 1. The molecule has 36 heavy (non-hydrogen) atoms. The second-order valence-corrected chi connectivity index (χ2v) is 8.64. The summed E-state index contributed by atoms with van der Waals surface area (Å²) >= 11 is 0. The van der Waals surface area contributed by atoms with E-state index in [4.69, 9.17) is 4.74 Å². The monoisotopic (exact) mass is 490 g/mol. The summed E-state index contributed by atoms with van der Waals surface area (Å²) in [7, 11) is 1.79. The van der Waals surface area contributed by atoms with Crippen LogP contribution in [0.3, 0.4) is 0 Å². The highest BCUT2D eigenvalue weighted by atomic mass is 16.5. The van der Waals surface area contributed by atoms with Crippen molar-refractivity contribution in [3.63, 3.8) is 0 Å². The Morgan fingerprint density at radius 3 is 2.33 bits per heavy atom. The maximum Gasteiger partial charge on any atom is 0.276 e. The van der Waals surface area contributed by atoms with E-state index >= 15 is 0 Å². The molecular weight excluding hydrogens is 460 g/mol. The SMILES string of the molecule is CCn1ncc(NC(=O)c2ccn(COc3ccc(C(C)C)cc3)n2)c1C(=O)Nc1cnn(C)c1C. The van der Waals surface area contributed by atoms with Crippen molar-refractivity contribution in [1.29, 1.82) is 0 Å². The Morgan fingerprint density at radius 1 is 1.00 bits per heavy atom. The van der Waals surface area contributed by atoms with Gasteiger partial charge in [-0.3, -0.25) is 19.0 Å². The molecule has 0 atom stereocenters. The van der Waals surface area contributed by atoms with E-state index in [-0.39, 0.29) is 23.8 Å². The zero-order valence-corrected chi connectivity index (χ0v) is 21.0. The molecule has 0 aliphatic rings. The number of hydrogen-bond acceptors (Lipinski definition) is 6. The first-order valence-electron chi connectivity index (χ1n) is 11.7. The van der Waals surface area contributed by atoms with Crippen LogP contribution in [0.25, 0.3) is 0 Å². The molecule has 3 aromatic heterocycles. The Hall–Kier alpha value is -4.41. The highest BCUT2D eigenvalue weighted by molar-refractivity contribution is 6.11. The van der Waals surface area contributed by atoms with Crippen LogP contribution in [0.1, 0.15) is 58.9 Å². The van der Waals surface area contributed by atoms with Gasteiger partial charge in [-0.05, 0) is 43.5 Å². The molecule has 188 valence electrons. The van der Waals surface area contributed by atoms with Crippen LogP contribution in [0.2, 0.25) is 0 Å². The second-order valence-electron chi connectivity index (χ2n) is 8.64. The molecule has 4 aromatic rings. The zero-order chi connectivity index (χ0) is 25.8. The van der Waals surface area contributed by atoms with Gasteiger partial charge in [-0.2, -0.15) is 15.3 Å². The number of hydrogen-bond donors (Lipinski definition) is 2. The highest BCUT2D eigenvalue weighted by Gasteiger charge is 2.22. The first kappa shape index (κ1) is 24.7. The lowest BCUT2D eigenvalue weighted by atomic mass is 10.0. The minimum Gasteiger partial charge on any atom is -0.471 e. The lowest BCUT2D eigenvalue weighted by molar-refractivity contribution is 0.101. The highest BCUT2D eigenvalue weighted by Crippen LogP contribution is 2.21. The van der Waals surface area contributed by atoms with Crippen molar-refractivity contribution in [2.75, 3.05) is 10.6 Å². The van der Waals surface area contributed by atoms with Gasteiger partial charge in [0.2, 0.25) is 0 Å². The van der Waals surface area contributed by atoms with Crippen LogP contribution < -0.4 is 15.4 Å². The summed E-state index contributed by atoms with van der Waals surface area (Å²) in [5.41, 5.74) is 3.34. The second kappa shape index (κ2) is 10.5. The van der Waals surface area contributed by atoms with Crippen molar-refractivity contribution < 1.29 is 14.3 Å². The zero-order valence-electron chi connectivity index (χ0n) is 21.0. The predicted octanol–water partition coefficient (Wildman–Crippen LogP) is 3.81. The summed E-state index contributed by atoms with van der Waals surface area (Å²) in [6.07, 6.45) is 4.69. The van der Waals surface area contributed by atoms with Gasteiger partial charge in [-0.25, -0.2) is 4.68 Å². The van der Waals surface area contributed by atoms with Crippen LogP contribution >= 0.6 is 0 Å². The number of carbonyl (C=O) groups excluding carboxylic acids is 2. The number of anilines is 2. The van der Waals surface area contributed by atoms with E-state index in [0.29, 0.717) is 23.9 Å². The number of aromatic nitrogens is 6. The molecule has 0 unspecified atom stereocenters. The fourth-order valence-electron chi connectivity index (χ4n) is 3.59. The van der Waals surface area contributed by atoms with Crippen LogP contribution in [0.15, 0.2) is 48.9 Å². The molecule has 0 saturated carbocycles. The Labute approximate surface area is 209 Å². The lowest BCUT2D eigenvalue weighted by Gasteiger charge is -2.10. The topological polar surface area (TPSA) is 121 Å². The largest absolute Gasteiger partial charge is 0.471 e. The normalized spacial score (nSPS) is 11.1. The number of rotatable bonds is 9. The molecular formula is C25H30N8O3. The summed E-state index contributed by atoms with van der Waals surface area (Å²) in [5.74, 6) is 0.301. The third-order valence-electron chi connectivity index (χ3n) is 5.87. The average molecular weight is 491 g/mol. The summed E-state index contributed by atoms with van der Waals surface area (Å²) in [6.45, 7) is 8.59. The molecule has 11 nitrogen and oxygen atoms in total. The Kier molecular flexibility index (Phi) is 7.18. The molecule has 0 aliphatic heterocycles. The van der Waals surface area contributed by atoms with E-state index < -0.39 is 11.8 Å². The maximum absolute atomic E-state index is 13.0. The number of carbonyl (C=O) groups is 2. The van der Waals surface area contributed by atoms with Crippen molar-refractivity contribution in [3.8, 4) is 5.75 Å². The van der Waals surface area contributed by atoms with E-state index in [1.165, 1.54) is 21.1 Å². The molecule has 0 fully saturated rings. The number of ether oxygens (including phenoxy) is 1. The quantitative estimate of drug-likeness (QED) is 0.368. The molecule has 3 heterocycles. The van der Waals surface area contributed by atoms with Crippen molar-refractivity contribution in [2.45, 2.75) is 46.9 Å². The Balaban J connectivity index is 1.42. The minimum atomic E-state index is -0.461. The number of aryl methyl sites for hydroxylation is 2. The van der Waals surface area contributed by atoms with E-state index in [9.17, 15) is 9.59 Å². The lowest BCUT2D eigenvalue weighted by Crippen LogP contribution is -2.21. The molecule has 1 aromatic carbocycles. The van der Waals surface area contributed by atoms with Crippen LogP contribution in [-0.4, -0.2) is 41.2 Å². The van der Waals surface area contributed by atoms with Gasteiger partial charge in [0, 0.05) is 19.8 Å². The van der Waals surface area contributed by atoms with Gasteiger partial charge in [0.15, 0.2) is 12.4 Å². The third kappa shape index (κ3) is 5.29. The molecule has 0 spiro atoms. The van der Waals surface area contributed by atoms with Gasteiger partial charge in [0.1, 0.15) is 11.4 Å². The molecule has 2 N–H and O–H groups in total. The first-order chi connectivity index (χ1) is 17.3. The van der Waals surface area contributed by atoms with Crippen LogP contribution in [0.5, 0.6) is 5.75 Å². The Bertz CT molecular complexity index is 1360. The fourth-order valence-corrected chi connectivity index (χ4v) is 3.59. The van der Waals surface area contributed by atoms with Crippen LogP contribution in [0, 0.1) is 6.92 Å². The molecule has 0 aliphatic carbocycles. The van der Waals surface area contributed by atoms with Gasteiger partial charge in [-0.1, -0.05) is 26.0 Å². The van der Waals surface area contributed by atoms with E-state index in [1.807, 2.05) is 38.1 Å². The van der Waals surface area contributed by atoms with Gasteiger partial charge < -0.3 is 15.4 Å². The summed E-state index contributed by atoms with van der Waals surface area (Å²) in [4.78, 5) is 25.9. The standard InChI is InChI=1S/C25H30N8O3/c1-6-33-23(25(35)28-21-13-26-31(5)17(21)4)22(14-27-33)29-24(34)20-11-12-32(30-20)15-36-19-9-7-18(8-10-19)16(2)3/h7-14,16H,6,15H2,1-5H3,(H,28,35)(H,29,34). The average Bonchev–Trinajstić information content (AvgIpc) is 3.58. The smallest absolute Gasteiger partial charge is 0.276 e. The third-order valence-corrected chi connectivity index (χ3v) is 5.87. The van der Waals surface area contributed by atoms with Gasteiger partial charge in [-0.15, -0.1) is 0 Å². The van der Waals surface area contributed by atoms with Gasteiger partial charge in [0.25, 0.3) is 11.8 Å². The molecule has 2 amide bonds. The van der Waals surface area contributed by atoms with Crippen molar-refractivity contribution in [3.05, 3.63) is 71.6 Å². The van der Waals surface area contributed by atoms with Crippen LogP contribution in [-0.2, 0) is 20.3 Å². The number of nitrogens with one attached hydrogen (secondary N) is 2. The number of nitrogens with zero attached hydrogens (tertiary/aromatic N) is 6.